The van der Waals surface area contributed by atoms with Crippen molar-refractivity contribution in [3.05, 3.63) is 71.4 Å². The van der Waals surface area contributed by atoms with E-state index in [0.717, 1.165) is 81.6 Å². The number of oxazole rings is 1. The Morgan fingerprint density at radius 1 is 1.03 bits per heavy atom. The van der Waals surface area contributed by atoms with Crippen molar-refractivity contribution in [3.63, 3.8) is 0 Å². The Hall–Kier alpha value is -3.36. The molecule has 0 bridgehead atoms. The number of carbonyl (C=O) groups excluding carboxylic acids is 1. The van der Waals surface area contributed by atoms with Gasteiger partial charge in [-0.1, -0.05) is 24.3 Å². The fraction of sp³-hybridized carbons (Fsp3) is 0.484. The van der Waals surface area contributed by atoms with Gasteiger partial charge in [-0.3, -0.25) is 4.79 Å². The zero-order valence-corrected chi connectivity index (χ0v) is 22.7. The molecular formula is C31H39N5O3. The molecule has 1 aliphatic heterocycles. The summed E-state index contributed by atoms with van der Waals surface area (Å²) in [5.41, 5.74) is 5.83. The molecule has 0 unspecified atom stereocenters. The lowest BCUT2D eigenvalue weighted by Crippen LogP contribution is -2.47. The highest BCUT2D eigenvalue weighted by atomic mass is 16.3. The number of para-hydroxylation sites is 1. The molecule has 3 aliphatic rings. The summed E-state index contributed by atoms with van der Waals surface area (Å²) < 4.78 is 5.58. The van der Waals surface area contributed by atoms with Gasteiger partial charge in [-0.05, 0) is 74.8 Å². The standard InChI is InChI=1S/C31H39N5O3/c1-21-5-2-3-8-28(21)35-13-15-36(16-14-35)29-12-9-22(19-32-24-6-4-7-25(37)18-24)17-26(29)33-30(38)27-20-39-31(34-27)23-10-11-23/h2-3,5,8-9,12,17,20,23-25,32,37H,4,6-7,10-11,13-16,18-19H2,1H3,(H,33,38)/t24-,25+/m1/s1. The van der Waals surface area contributed by atoms with Gasteiger partial charge in [0.25, 0.3) is 5.91 Å². The minimum Gasteiger partial charge on any atom is -0.448 e. The van der Waals surface area contributed by atoms with E-state index in [1.54, 1.807) is 0 Å². The van der Waals surface area contributed by atoms with Crippen molar-refractivity contribution < 1.29 is 14.3 Å². The molecule has 1 amide bonds. The van der Waals surface area contributed by atoms with Gasteiger partial charge in [-0.25, -0.2) is 4.98 Å². The number of amides is 1. The highest BCUT2D eigenvalue weighted by molar-refractivity contribution is 6.04. The number of benzene rings is 2. The van der Waals surface area contributed by atoms with Crippen molar-refractivity contribution in [1.29, 1.82) is 0 Å². The van der Waals surface area contributed by atoms with Gasteiger partial charge in [0, 0.05) is 50.4 Å². The number of aliphatic hydroxyl groups excluding tert-OH is 1. The fourth-order valence-electron chi connectivity index (χ4n) is 5.88. The molecule has 1 aromatic heterocycles. The van der Waals surface area contributed by atoms with Gasteiger partial charge in [-0.15, -0.1) is 0 Å². The molecule has 0 radical (unpaired) electrons. The van der Waals surface area contributed by atoms with E-state index >= 15 is 0 Å². The minimum atomic E-state index is -0.244. The van der Waals surface area contributed by atoms with E-state index in [1.165, 1.54) is 17.5 Å². The monoisotopic (exact) mass is 529 g/mol. The van der Waals surface area contributed by atoms with Crippen molar-refractivity contribution >= 4 is 23.0 Å². The molecule has 206 valence electrons. The van der Waals surface area contributed by atoms with Crippen molar-refractivity contribution in [2.75, 3.05) is 41.3 Å². The Kier molecular flexibility index (Phi) is 7.57. The second-order valence-corrected chi connectivity index (χ2v) is 11.3. The second kappa shape index (κ2) is 11.4. The van der Waals surface area contributed by atoms with E-state index in [1.807, 2.05) is 0 Å². The zero-order chi connectivity index (χ0) is 26.8. The van der Waals surface area contributed by atoms with Crippen molar-refractivity contribution in [2.24, 2.45) is 0 Å². The number of aromatic nitrogens is 1. The first kappa shape index (κ1) is 25.9. The predicted octanol–water partition coefficient (Wildman–Crippen LogP) is 4.83. The maximum Gasteiger partial charge on any atom is 0.277 e. The summed E-state index contributed by atoms with van der Waals surface area (Å²) in [6.07, 6.45) is 7.24. The maximum absolute atomic E-state index is 13.2. The smallest absolute Gasteiger partial charge is 0.277 e. The summed E-state index contributed by atoms with van der Waals surface area (Å²) in [7, 11) is 0. The molecule has 0 spiro atoms. The lowest BCUT2D eigenvalue weighted by Gasteiger charge is -2.38. The number of hydrogen-bond donors (Lipinski definition) is 3. The summed E-state index contributed by atoms with van der Waals surface area (Å²) in [5.74, 6) is 0.783. The first-order chi connectivity index (χ1) is 19.0. The highest BCUT2D eigenvalue weighted by Gasteiger charge is 2.30. The molecule has 8 nitrogen and oxygen atoms in total. The van der Waals surface area contributed by atoms with E-state index in [0.29, 0.717) is 30.1 Å². The summed E-state index contributed by atoms with van der Waals surface area (Å²) in [6, 6.07) is 15.2. The number of nitrogens with zero attached hydrogens (tertiary/aromatic N) is 3. The van der Waals surface area contributed by atoms with Crippen LogP contribution in [0.15, 0.2) is 53.1 Å². The van der Waals surface area contributed by atoms with Crippen molar-refractivity contribution in [2.45, 2.75) is 70.1 Å². The fourth-order valence-corrected chi connectivity index (χ4v) is 5.88. The van der Waals surface area contributed by atoms with Crippen LogP contribution in [0.5, 0.6) is 0 Å². The van der Waals surface area contributed by atoms with Gasteiger partial charge in [-0.2, -0.15) is 0 Å². The van der Waals surface area contributed by atoms with Crippen LogP contribution in [0.3, 0.4) is 0 Å². The number of carbonyl (C=O) groups is 1. The molecule has 1 saturated heterocycles. The predicted molar refractivity (Wildman–Crippen MR) is 154 cm³/mol. The lowest BCUT2D eigenvalue weighted by atomic mass is 9.93. The van der Waals surface area contributed by atoms with Crippen LogP contribution in [0.25, 0.3) is 0 Å². The normalized spacial score (nSPS) is 21.7. The van der Waals surface area contributed by atoms with Gasteiger partial charge in [0.2, 0.25) is 0 Å². The molecule has 2 saturated carbocycles. The van der Waals surface area contributed by atoms with Crippen LogP contribution in [-0.2, 0) is 6.54 Å². The quantitative estimate of drug-likeness (QED) is 0.385. The molecule has 6 rings (SSSR count). The first-order valence-electron chi connectivity index (χ1n) is 14.4. The van der Waals surface area contributed by atoms with Crippen LogP contribution in [0.1, 0.15) is 71.9 Å². The third-order valence-corrected chi connectivity index (χ3v) is 8.31. The molecular weight excluding hydrogens is 490 g/mol. The van der Waals surface area contributed by atoms with Crippen LogP contribution in [0, 0.1) is 6.92 Å². The summed E-state index contributed by atoms with van der Waals surface area (Å²) in [5, 5.41) is 16.8. The Balaban J connectivity index is 1.18. The molecule has 2 aromatic carbocycles. The SMILES string of the molecule is Cc1ccccc1N1CCN(c2ccc(CN[C@@H]3CCC[C@H](O)C3)cc2NC(=O)c2coc(C3CC3)n2)CC1. The molecule has 3 N–H and O–H groups in total. The Labute approximate surface area is 230 Å². The van der Waals surface area contributed by atoms with Gasteiger partial charge >= 0.3 is 0 Å². The third kappa shape index (κ3) is 6.12. The molecule has 3 fully saturated rings. The van der Waals surface area contributed by atoms with Crippen molar-refractivity contribution in [1.82, 2.24) is 10.3 Å². The second-order valence-electron chi connectivity index (χ2n) is 11.3. The van der Waals surface area contributed by atoms with E-state index in [9.17, 15) is 9.90 Å². The first-order valence-corrected chi connectivity index (χ1v) is 14.4. The number of piperazine rings is 1. The number of aryl methyl sites for hydroxylation is 1. The lowest BCUT2D eigenvalue weighted by molar-refractivity contribution is 0.102. The van der Waals surface area contributed by atoms with E-state index < -0.39 is 0 Å². The van der Waals surface area contributed by atoms with Gasteiger partial charge in [0.05, 0.1) is 17.5 Å². The Morgan fingerprint density at radius 2 is 1.79 bits per heavy atom. The van der Waals surface area contributed by atoms with Crippen LogP contribution >= 0.6 is 0 Å². The molecule has 8 heteroatoms. The van der Waals surface area contributed by atoms with Gasteiger partial charge in [0.15, 0.2) is 11.6 Å². The van der Waals surface area contributed by atoms with Crippen LogP contribution < -0.4 is 20.4 Å². The van der Waals surface area contributed by atoms with E-state index in [4.69, 9.17) is 4.42 Å². The zero-order valence-electron chi connectivity index (χ0n) is 22.7. The van der Waals surface area contributed by atoms with Gasteiger partial charge < -0.3 is 30.0 Å². The molecule has 39 heavy (non-hydrogen) atoms. The number of anilines is 3. The van der Waals surface area contributed by atoms with Crippen LogP contribution in [0.2, 0.25) is 0 Å². The average Bonchev–Trinajstić information content (AvgIpc) is 3.68. The number of aliphatic hydroxyl groups is 1. The number of nitrogens with one attached hydrogen (secondary N) is 2. The number of hydrogen-bond acceptors (Lipinski definition) is 7. The van der Waals surface area contributed by atoms with E-state index in [2.05, 4.69) is 74.8 Å². The summed E-state index contributed by atoms with van der Waals surface area (Å²) in [4.78, 5) is 22.5. The minimum absolute atomic E-state index is 0.213. The maximum atomic E-state index is 13.2. The molecule has 2 aliphatic carbocycles. The summed E-state index contributed by atoms with van der Waals surface area (Å²) in [6.45, 7) is 6.42. The molecule has 2 atom stereocenters. The summed E-state index contributed by atoms with van der Waals surface area (Å²) >= 11 is 0. The Morgan fingerprint density at radius 3 is 2.54 bits per heavy atom. The van der Waals surface area contributed by atoms with Crippen LogP contribution in [0.4, 0.5) is 17.1 Å². The number of rotatable bonds is 8. The van der Waals surface area contributed by atoms with Crippen LogP contribution in [-0.4, -0.2) is 54.3 Å². The topological polar surface area (TPSA) is 93.9 Å². The highest BCUT2D eigenvalue weighted by Crippen LogP contribution is 2.39. The third-order valence-electron chi connectivity index (χ3n) is 8.31. The largest absolute Gasteiger partial charge is 0.448 e. The van der Waals surface area contributed by atoms with Gasteiger partial charge in [0.1, 0.15) is 6.26 Å². The average molecular weight is 530 g/mol. The molecule has 2 heterocycles. The van der Waals surface area contributed by atoms with Crippen molar-refractivity contribution in [3.8, 4) is 0 Å². The van der Waals surface area contributed by atoms with E-state index in [-0.39, 0.29) is 12.0 Å². The molecule has 3 aromatic rings. The Bertz CT molecular complexity index is 1290.